The van der Waals surface area contributed by atoms with Gasteiger partial charge in [-0.1, -0.05) is 24.3 Å². The average molecular weight is 418 g/mol. The number of halogens is 2. The van der Waals surface area contributed by atoms with Crippen LogP contribution in [0.5, 0.6) is 11.5 Å². The zero-order valence-corrected chi connectivity index (χ0v) is 16.6. The zero-order chi connectivity index (χ0) is 21.5. The molecule has 0 bridgehead atoms. The van der Waals surface area contributed by atoms with Crippen molar-refractivity contribution in [1.29, 1.82) is 0 Å². The molecule has 0 heterocycles. The summed E-state index contributed by atoms with van der Waals surface area (Å²) in [5, 5.41) is 2.65. The molecule has 8 heteroatoms. The van der Waals surface area contributed by atoms with Gasteiger partial charge in [-0.25, -0.2) is 0 Å². The van der Waals surface area contributed by atoms with Crippen molar-refractivity contribution in [3.63, 3.8) is 0 Å². The second-order valence-corrected chi connectivity index (χ2v) is 6.89. The maximum atomic E-state index is 12.7. The van der Waals surface area contributed by atoms with Crippen LogP contribution in [0.15, 0.2) is 48.5 Å². The predicted octanol–water partition coefficient (Wildman–Crippen LogP) is 3.61. The molecule has 0 saturated heterocycles. The molecule has 0 atom stereocenters. The Hall–Kier alpha value is -3.16. The lowest BCUT2D eigenvalue weighted by molar-refractivity contribution is -0.131. The van der Waals surface area contributed by atoms with Crippen molar-refractivity contribution in [3.8, 4) is 11.5 Å². The van der Waals surface area contributed by atoms with E-state index in [0.717, 1.165) is 18.4 Å². The molecule has 30 heavy (non-hydrogen) atoms. The van der Waals surface area contributed by atoms with E-state index in [1.54, 1.807) is 48.2 Å². The highest BCUT2D eigenvalue weighted by atomic mass is 19.3. The number of nitrogens with one attached hydrogen (secondary N) is 1. The molecule has 0 unspecified atom stereocenters. The van der Waals surface area contributed by atoms with Crippen LogP contribution in [-0.2, 0) is 11.3 Å². The Bertz CT molecular complexity index is 873. The molecule has 1 fully saturated rings. The summed E-state index contributed by atoms with van der Waals surface area (Å²) in [5.74, 6) is -0.356. The van der Waals surface area contributed by atoms with E-state index in [-0.39, 0.29) is 35.9 Å². The first-order valence-electron chi connectivity index (χ1n) is 9.81. The molecule has 2 aromatic carbocycles. The van der Waals surface area contributed by atoms with Crippen LogP contribution in [0, 0.1) is 0 Å². The van der Waals surface area contributed by atoms with E-state index >= 15 is 0 Å². The van der Waals surface area contributed by atoms with Crippen LogP contribution in [0.4, 0.5) is 8.78 Å². The van der Waals surface area contributed by atoms with E-state index in [4.69, 9.17) is 4.74 Å². The minimum Gasteiger partial charge on any atom is -0.490 e. The first-order valence-corrected chi connectivity index (χ1v) is 9.81. The third-order valence-corrected chi connectivity index (χ3v) is 4.62. The van der Waals surface area contributed by atoms with Crippen molar-refractivity contribution in [2.75, 3.05) is 13.2 Å². The molecule has 0 radical (unpaired) electrons. The summed E-state index contributed by atoms with van der Waals surface area (Å²) in [7, 11) is 0. The van der Waals surface area contributed by atoms with Crippen molar-refractivity contribution < 1.29 is 27.8 Å². The van der Waals surface area contributed by atoms with Crippen molar-refractivity contribution >= 4 is 11.8 Å². The second kappa shape index (κ2) is 10.0. The van der Waals surface area contributed by atoms with Gasteiger partial charge in [0.05, 0.1) is 13.2 Å². The third-order valence-electron chi connectivity index (χ3n) is 4.62. The number of carbonyl (C=O) groups excluding carboxylic acids is 2. The van der Waals surface area contributed by atoms with Gasteiger partial charge in [-0.05, 0) is 49.6 Å². The fourth-order valence-electron chi connectivity index (χ4n) is 3.07. The highest BCUT2D eigenvalue weighted by molar-refractivity contribution is 5.96. The molecule has 1 saturated carbocycles. The van der Waals surface area contributed by atoms with Gasteiger partial charge >= 0.3 is 6.61 Å². The minimum atomic E-state index is -2.95. The van der Waals surface area contributed by atoms with E-state index in [9.17, 15) is 18.4 Å². The Morgan fingerprint density at radius 1 is 1.13 bits per heavy atom. The molecule has 2 amide bonds. The summed E-state index contributed by atoms with van der Waals surface area (Å²) < 4.78 is 35.0. The predicted molar refractivity (Wildman–Crippen MR) is 107 cm³/mol. The first kappa shape index (κ1) is 21.5. The number of nitrogens with zero attached hydrogens (tertiary/aromatic N) is 1. The van der Waals surface area contributed by atoms with Crippen molar-refractivity contribution in [1.82, 2.24) is 10.2 Å². The molecule has 6 nitrogen and oxygen atoms in total. The van der Waals surface area contributed by atoms with Gasteiger partial charge in [-0.2, -0.15) is 8.78 Å². The highest BCUT2D eigenvalue weighted by Gasteiger charge is 2.32. The molecule has 1 aliphatic carbocycles. The second-order valence-electron chi connectivity index (χ2n) is 6.89. The van der Waals surface area contributed by atoms with Crippen LogP contribution in [0.25, 0.3) is 0 Å². The van der Waals surface area contributed by atoms with Gasteiger partial charge < -0.3 is 19.7 Å². The topological polar surface area (TPSA) is 67.9 Å². The average Bonchev–Trinajstić information content (AvgIpc) is 3.57. The summed E-state index contributed by atoms with van der Waals surface area (Å²) in [4.78, 5) is 26.6. The molecule has 3 rings (SSSR count). The lowest BCUT2D eigenvalue weighted by Crippen LogP contribution is -2.41. The Kier molecular flexibility index (Phi) is 7.21. The Morgan fingerprint density at radius 3 is 2.50 bits per heavy atom. The molecule has 2 aromatic rings. The van der Waals surface area contributed by atoms with Gasteiger partial charge in [0.25, 0.3) is 5.91 Å². The summed E-state index contributed by atoms with van der Waals surface area (Å²) in [6.45, 7) is -0.740. The lowest BCUT2D eigenvalue weighted by atomic mass is 10.1. The minimum absolute atomic E-state index is 0.0463. The zero-order valence-electron chi connectivity index (χ0n) is 16.6. The van der Waals surface area contributed by atoms with Gasteiger partial charge in [0.15, 0.2) is 11.5 Å². The van der Waals surface area contributed by atoms with E-state index in [1.807, 2.05) is 6.07 Å². The van der Waals surface area contributed by atoms with Crippen molar-refractivity contribution in [2.24, 2.45) is 0 Å². The summed E-state index contributed by atoms with van der Waals surface area (Å²) in [5.41, 5.74) is 1.22. The molecule has 0 aliphatic heterocycles. The lowest BCUT2D eigenvalue weighted by Gasteiger charge is -2.23. The molecular weight excluding hydrogens is 394 g/mol. The summed E-state index contributed by atoms with van der Waals surface area (Å²) in [6, 6.07) is 13.4. The molecular formula is C22H24F2N2O4. The fourth-order valence-corrected chi connectivity index (χ4v) is 3.07. The van der Waals surface area contributed by atoms with Crippen LogP contribution >= 0.6 is 0 Å². The number of alkyl halides is 2. The maximum absolute atomic E-state index is 12.7. The molecule has 0 spiro atoms. The summed E-state index contributed by atoms with van der Waals surface area (Å²) in [6.07, 6.45) is 1.78. The highest BCUT2D eigenvalue weighted by Crippen LogP contribution is 2.33. The number of rotatable bonds is 10. The standard InChI is InChI=1S/C22H24F2N2O4/c1-2-29-19-12-15(8-11-18(19)30-22(23)24)14-26(17-9-10-17)20(27)13-25-21(28)16-6-4-3-5-7-16/h3-8,11-12,17,22H,2,9-10,13-14H2,1H3,(H,25,28). The molecule has 160 valence electrons. The van der Waals surface area contributed by atoms with Gasteiger partial charge in [-0.3, -0.25) is 9.59 Å². The Balaban J connectivity index is 1.65. The summed E-state index contributed by atoms with van der Waals surface area (Å²) >= 11 is 0. The van der Waals surface area contributed by atoms with Crippen LogP contribution in [0.2, 0.25) is 0 Å². The smallest absolute Gasteiger partial charge is 0.387 e. The number of amides is 2. The van der Waals surface area contributed by atoms with E-state index in [2.05, 4.69) is 10.1 Å². The van der Waals surface area contributed by atoms with Crippen molar-refractivity contribution in [2.45, 2.75) is 39.0 Å². The normalized spacial score (nSPS) is 13.1. The maximum Gasteiger partial charge on any atom is 0.387 e. The number of benzene rings is 2. The van der Waals surface area contributed by atoms with Gasteiger partial charge in [0, 0.05) is 18.2 Å². The third kappa shape index (κ3) is 5.92. The van der Waals surface area contributed by atoms with Crippen LogP contribution in [0.1, 0.15) is 35.7 Å². The van der Waals surface area contributed by atoms with Crippen LogP contribution in [-0.4, -0.2) is 42.5 Å². The monoisotopic (exact) mass is 418 g/mol. The fraction of sp³-hybridized carbons (Fsp3) is 0.364. The van der Waals surface area contributed by atoms with Gasteiger partial charge in [-0.15, -0.1) is 0 Å². The number of ether oxygens (including phenoxy) is 2. The quantitative estimate of drug-likeness (QED) is 0.640. The number of carbonyl (C=O) groups is 2. The van der Waals surface area contributed by atoms with Crippen LogP contribution in [0.3, 0.4) is 0 Å². The van der Waals surface area contributed by atoms with Gasteiger partial charge in [0.2, 0.25) is 5.91 Å². The van der Waals surface area contributed by atoms with Gasteiger partial charge in [0.1, 0.15) is 0 Å². The number of hydrogen-bond donors (Lipinski definition) is 1. The first-order chi connectivity index (χ1) is 14.5. The molecule has 0 aromatic heterocycles. The van der Waals surface area contributed by atoms with E-state index < -0.39 is 6.61 Å². The van der Waals surface area contributed by atoms with Crippen molar-refractivity contribution in [3.05, 3.63) is 59.7 Å². The molecule has 1 N–H and O–H groups in total. The largest absolute Gasteiger partial charge is 0.490 e. The van der Waals surface area contributed by atoms with E-state index in [1.165, 1.54) is 6.07 Å². The van der Waals surface area contributed by atoms with E-state index in [0.29, 0.717) is 18.7 Å². The molecule has 1 aliphatic rings. The Labute approximate surface area is 173 Å². The Morgan fingerprint density at radius 2 is 1.87 bits per heavy atom. The number of hydrogen-bond acceptors (Lipinski definition) is 4. The van der Waals surface area contributed by atoms with Crippen LogP contribution < -0.4 is 14.8 Å². The SMILES string of the molecule is CCOc1cc(CN(C(=O)CNC(=O)c2ccccc2)C2CC2)ccc1OC(F)F.